The van der Waals surface area contributed by atoms with Crippen molar-refractivity contribution >= 4 is 5.91 Å². The zero-order chi connectivity index (χ0) is 14.5. The van der Waals surface area contributed by atoms with Crippen molar-refractivity contribution in [1.29, 1.82) is 0 Å². The second-order valence-electron chi connectivity index (χ2n) is 4.11. The van der Waals surface area contributed by atoms with Crippen LogP contribution in [0.1, 0.15) is 11.3 Å². The molecule has 0 radical (unpaired) electrons. The lowest BCUT2D eigenvalue weighted by molar-refractivity contribution is -0.120. The number of nitrogens with zero attached hydrogens (tertiary/aromatic N) is 1. The van der Waals surface area contributed by atoms with Gasteiger partial charge in [-0.2, -0.15) is 0 Å². The number of pyridine rings is 1. The summed E-state index contributed by atoms with van der Waals surface area (Å²) in [6, 6.07) is 7.07. The van der Waals surface area contributed by atoms with Crippen molar-refractivity contribution in [3.8, 4) is 0 Å². The topological polar surface area (TPSA) is 42.0 Å². The van der Waals surface area contributed by atoms with E-state index in [1.54, 1.807) is 24.4 Å². The van der Waals surface area contributed by atoms with Gasteiger partial charge >= 0.3 is 0 Å². The molecule has 104 valence electrons. The van der Waals surface area contributed by atoms with Gasteiger partial charge in [0.2, 0.25) is 5.91 Å². The molecule has 0 spiro atoms. The Morgan fingerprint density at radius 2 is 1.90 bits per heavy atom. The second-order valence-corrected chi connectivity index (χ2v) is 4.11. The van der Waals surface area contributed by atoms with Crippen LogP contribution in [0.3, 0.4) is 0 Å². The van der Waals surface area contributed by atoms with Crippen LogP contribution in [0, 0.1) is 17.5 Å². The van der Waals surface area contributed by atoms with Gasteiger partial charge in [-0.15, -0.1) is 0 Å². The van der Waals surface area contributed by atoms with Crippen molar-refractivity contribution in [1.82, 2.24) is 10.3 Å². The van der Waals surface area contributed by atoms with Gasteiger partial charge in [-0.1, -0.05) is 12.1 Å². The Balaban J connectivity index is 1.97. The third-order valence-electron chi connectivity index (χ3n) is 2.66. The maximum absolute atomic E-state index is 13.4. The molecule has 0 aliphatic rings. The fourth-order valence-electron chi connectivity index (χ4n) is 1.63. The number of hydrogen-bond donors (Lipinski definition) is 1. The Labute approximate surface area is 113 Å². The Hall–Kier alpha value is -2.37. The molecule has 3 nitrogen and oxygen atoms in total. The monoisotopic (exact) mass is 280 g/mol. The summed E-state index contributed by atoms with van der Waals surface area (Å²) in [5.74, 6) is -4.68. The molecular weight excluding hydrogens is 269 g/mol. The molecule has 0 saturated carbocycles. The van der Waals surface area contributed by atoms with E-state index in [0.29, 0.717) is 5.69 Å². The van der Waals surface area contributed by atoms with E-state index in [0.717, 1.165) is 12.1 Å². The van der Waals surface area contributed by atoms with E-state index in [1.807, 2.05) is 0 Å². The highest BCUT2D eigenvalue weighted by Gasteiger charge is 2.15. The molecule has 0 aliphatic carbocycles. The van der Waals surface area contributed by atoms with E-state index >= 15 is 0 Å². The summed E-state index contributed by atoms with van der Waals surface area (Å²) in [6.45, 7) is 0.185. The minimum atomic E-state index is -1.57. The van der Waals surface area contributed by atoms with Crippen LogP contribution in [0.2, 0.25) is 0 Å². The average molecular weight is 280 g/mol. The Bertz CT molecular complexity index is 617. The van der Waals surface area contributed by atoms with Crippen LogP contribution in [0.4, 0.5) is 13.2 Å². The summed E-state index contributed by atoms with van der Waals surface area (Å²) in [5.41, 5.74) is 0.453. The van der Waals surface area contributed by atoms with E-state index in [2.05, 4.69) is 10.3 Å². The van der Waals surface area contributed by atoms with Crippen LogP contribution in [0.5, 0.6) is 0 Å². The number of benzene rings is 1. The number of halogens is 3. The zero-order valence-electron chi connectivity index (χ0n) is 10.4. The molecule has 1 amide bonds. The standard InChI is InChI=1S/C14H11F3N2O/c15-11-5-4-9(13(16)14(11)17)7-12(20)19-8-10-3-1-2-6-18-10/h1-6H,7-8H2,(H,19,20). The summed E-state index contributed by atoms with van der Waals surface area (Å²) < 4.78 is 39.1. The summed E-state index contributed by atoms with van der Waals surface area (Å²) >= 11 is 0. The molecule has 0 fully saturated rings. The Kier molecular flexibility index (Phi) is 4.34. The van der Waals surface area contributed by atoms with E-state index in [-0.39, 0.29) is 18.5 Å². The summed E-state index contributed by atoms with van der Waals surface area (Å²) in [5, 5.41) is 2.52. The van der Waals surface area contributed by atoms with Crippen LogP contribution >= 0.6 is 0 Å². The molecule has 2 rings (SSSR count). The molecule has 0 unspecified atom stereocenters. The molecule has 6 heteroatoms. The molecular formula is C14H11F3N2O. The lowest BCUT2D eigenvalue weighted by Crippen LogP contribution is -2.25. The molecule has 0 bridgehead atoms. The third-order valence-corrected chi connectivity index (χ3v) is 2.66. The first-order chi connectivity index (χ1) is 9.58. The lowest BCUT2D eigenvalue weighted by atomic mass is 10.1. The predicted octanol–water partition coefficient (Wildman–Crippen LogP) is 2.36. The van der Waals surface area contributed by atoms with Gasteiger partial charge in [-0.3, -0.25) is 9.78 Å². The van der Waals surface area contributed by atoms with Gasteiger partial charge in [0, 0.05) is 11.8 Å². The summed E-state index contributed by atoms with van der Waals surface area (Å²) in [7, 11) is 0. The molecule has 1 aromatic heterocycles. The van der Waals surface area contributed by atoms with Crippen LogP contribution in [0.25, 0.3) is 0 Å². The number of rotatable bonds is 4. The van der Waals surface area contributed by atoms with Crippen molar-refractivity contribution < 1.29 is 18.0 Å². The van der Waals surface area contributed by atoms with Gasteiger partial charge in [0.15, 0.2) is 17.5 Å². The maximum Gasteiger partial charge on any atom is 0.224 e. The maximum atomic E-state index is 13.4. The molecule has 2 aromatic rings. The lowest BCUT2D eigenvalue weighted by Gasteiger charge is -2.06. The van der Waals surface area contributed by atoms with Gasteiger partial charge in [0.1, 0.15) is 0 Å². The minimum Gasteiger partial charge on any atom is -0.350 e. The Morgan fingerprint density at radius 1 is 1.10 bits per heavy atom. The molecule has 0 aliphatic heterocycles. The number of hydrogen-bond acceptors (Lipinski definition) is 2. The van der Waals surface area contributed by atoms with E-state index in [1.165, 1.54) is 0 Å². The first-order valence-corrected chi connectivity index (χ1v) is 5.87. The van der Waals surface area contributed by atoms with Gasteiger partial charge in [-0.25, -0.2) is 13.2 Å². The van der Waals surface area contributed by atoms with Gasteiger partial charge in [0.25, 0.3) is 0 Å². The van der Waals surface area contributed by atoms with Crippen molar-refractivity contribution in [2.24, 2.45) is 0 Å². The van der Waals surface area contributed by atoms with E-state index in [9.17, 15) is 18.0 Å². The van der Waals surface area contributed by atoms with Crippen LogP contribution < -0.4 is 5.32 Å². The van der Waals surface area contributed by atoms with Crippen molar-refractivity contribution in [2.45, 2.75) is 13.0 Å². The van der Waals surface area contributed by atoms with Crippen LogP contribution in [0.15, 0.2) is 36.5 Å². The molecule has 1 aromatic carbocycles. The van der Waals surface area contributed by atoms with E-state index < -0.39 is 23.4 Å². The number of carbonyl (C=O) groups excluding carboxylic acids is 1. The zero-order valence-corrected chi connectivity index (χ0v) is 10.4. The highest BCUT2D eigenvalue weighted by Crippen LogP contribution is 2.15. The van der Waals surface area contributed by atoms with Crippen LogP contribution in [-0.4, -0.2) is 10.9 Å². The first-order valence-electron chi connectivity index (χ1n) is 5.87. The van der Waals surface area contributed by atoms with Crippen LogP contribution in [-0.2, 0) is 17.8 Å². The number of nitrogens with one attached hydrogen (secondary N) is 1. The molecule has 1 heterocycles. The summed E-state index contributed by atoms with van der Waals surface area (Å²) in [4.78, 5) is 15.6. The summed E-state index contributed by atoms with van der Waals surface area (Å²) in [6.07, 6.45) is 1.21. The fraction of sp³-hybridized carbons (Fsp3) is 0.143. The molecule has 0 saturated heterocycles. The van der Waals surface area contributed by atoms with Gasteiger partial charge in [-0.05, 0) is 18.2 Å². The average Bonchev–Trinajstić information content (AvgIpc) is 2.47. The van der Waals surface area contributed by atoms with Gasteiger partial charge < -0.3 is 5.32 Å². The number of carbonyl (C=O) groups is 1. The fourth-order valence-corrected chi connectivity index (χ4v) is 1.63. The molecule has 1 N–H and O–H groups in total. The Morgan fingerprint density at radius 3 is 2.60 bits per heavy atom. The predicted molar refractivity (Wildman–Crippen MR) is 66.1 cm³/mol. The quantitative estimate of drug-likeness (QED) is 0.874. The smallest absolute Gasteiger partial charge is 0.224 e. The molecule has 20 heavy (non-hydrogen) atoms. The van der Waals surface area contributed by atoms with Gasteiger partial charge in [0.05, 0.1) is 18.7 Å². The minimum absolute atomic E-state index is 0.185. The van der Waals surface area contributed by atoms with Crippen molar-refractivity contribution in [2.75, 3.05) is 0 Å². The van der Waals surface area contributed by atoms with E-state index in [4.69, 9.17) is 0 Å². The second kappa shape index (κ2) is 6.18. The molecule has 0 atom stereocenters. The number of aromatic nitrogens is 1. The van der Waals surface area contributed by atoms with Crippen molar-refractivity contribution in [3.63, 3.8) is 0 Å². The SMILES string of the molecule is O=C(Cc1ccc(F)c(F)c1F)NCc1ccccn1. The highest BCUT2D eigenvalue weighted by atomic mass is 19.2. The highest BCUT2D eigenvalue weighted by molar-refractivity contribution is 5.78. The van der Waals surface area contributed by atoms with Crippen molar-refractivity contribution in [3.05, 3.63) is 65.2 Å². The normalized spacial score (nSPS) is 10.3. The largest absolute Gasteiger partial charge is 0.350 e. The third kappa shape index (κ3) is 3.34. The first kappa shape index (κ1) is 14.0. The number of amides is 1.